The van der Waals surface area contributed by atoms with Gasteiger partial charge in [-0.05, 0) is 31.0 Å². The molecule has 2 aliphatic heterocycles. The first kappa shape index (κ1) is 20.1. The lowest BCUT2D eigenvalue weighted by molar-refractivity contribution is -0.148. The molecule has 0 radical (unpaired) electrons. The summed E-state index contributed by atoms with van der Waals surface area (Å²) in [6.45, 7) is 3.82. The van der Waals surface area contributed by atoms with Gasteiger partial charge in [0, 0.05) is 18.7 Å². The van der Waals surface area contributed by atoms with E-state index in [2.05, 4.69) is 5.32 Å². The molecule has 2 heterocycles. The maximum atomic E-state index is 13.1. The number of nitrogens with one attached hydrogen (secondary N) is 1. The molecule has 8 heteroatoms. The van der Waals surface area contributed by atoms with Crippen molar-refractivity contribution < 1.29 is 29.0 Å². The summed E-state index contributed by atoms with van der Waals surface area (Å²) >= 11 is 0. The van der Waals surface area contributed by atoms with Gasteiger partial charge in [0.05, 0.1) is 24.1 Å². The van der Waals surface area contributed by atoms with E-state index in [0.717, 1.165) is 0 Å². The second-order valence-corrected chi connectivity index (χ2v) is 7.62. The summed E-state index contributed by atoms with van der Waals surface area (Å²) in [7, 11) is 1.72. The van der Waals surface area contributed by atoms with Crippen LogP contribution in [0, 0.1) is 5.92 Å². The van der Waals surface area contributed by atoms with Crippen LogP contribution in [0.4, 0.5) is 5.69 Å². The Morgan fingerprint density at radius 3 is 2.75 bits per heavy atom. The molecule has 28 heavy (non-hydrogen) atoms. The van der Waals surface area contributed by atoms with Crippen LogP contribution in [0.5, 0.6) is 5.75 Å². The zero-order valence-electron chi connectivity index (χ0n) is 16.3. The second-order valence-electron chi connectivity index (χ2n) is 7.62. The minimum atomic E-state index is -0.902. The maximum Gasteiger partial charge on any atom is 0.305 e. The summed E-state index contributed by atoms with van der Waals surface area (Å²) in [6, 6.07) is 4.79. The Bertz CT molecular complexity index is 778. The topological polar surface area (TPSA) is 105 Å². The first-order valence-corrected chi connectivity index (χ1v) is 9.48. The summed E-state index contributed by atoms with van der Waals surface area (Å²) in [6.07, 6.45) is 0.394. The van der Waals surface area contributed by atoms with Crippen molar-refractivity contribution in [1.29, 1.82) is 0 Å². The van der Waals surface area contributed by atoms with Gasteiger partial charge < -0.3 is 24.8 Å². The van der Waals surface area contributed by atoms with Crippen LogP contribution in [0.1, 0.15) is 43.5 Å². The molecule has 0 bridgehead atoms. The van der Waals surface area contributed by atoms with Crippen molar-refractivity contribution in [2.24, 2.45) is 5.92 Å². The number of carboxylic acids is 1. The number of nitrogens with zero attached hydrogens (tertiary/aromatic N) is 1. The third kappa shape index (κ3) is 4.27. The minimum absolute atomic E-state index is 0.0591. The van der Waals surface area contributed by atoms with E-state index in [4.69, 9.17) is 14.6 Å². The molecule has 152 valence electrons. The van der Waals surface area contributed by atoms with Gasteiger partial charge in [-0.15, -0.1) is 0 Å². The summed E-state index contributed by atoms with van der Waals surface area (Å²) in [5.74, 6) is -0.998. The molecule has 1 fully saturated rings. The van der Waals surface area contributed by atoms with Gasteiger partial charge in [-0.3, -0.25) is 14.4 Å². The van der Waals surface area contributed by atoms with Gasteiger partial charge in [-0.25, -0.2) is 0 Å². The molecule has 0 aromatic heterocycles. The number of ether oxygens (including phenoxy) is 2. The van der Waals surface area contributed by atoms with Crippen molar-refractivity contribution in [3.05, 3.63) is 23.8 Å². The third-order valence-electron chi connectivity index (χ3n) is 5.21. The molecular formula is C20H26N2O6. The summed E-state index contributed by atoms with van der Waals surface area (Å²) < 4.78 is 11.8. The Balaban J connectivity index is 1.82. The van der Waals surface area contributed by atoms with Gasteiger partial charge >= 0.3 is 5.97 Å². The monoisotopic (exact) mass is 390 g/mol. The van der Waals surface area contributed by atoms with Gasteiger partial charge in [0.1, 0.15) is 18.5 Å². The Morgan fingerprint density at radius 1 is 1.32 bits per heavy atom. The van der Waals surface area contributed by atoms with E-state index in [-0.39, 0.29) is 49.0 Å². The number of likely N-dealkylation sites (N-methyl/N-ethyl adjacent to an activating group) is 1. The summed E-state index contributed by atoms with van der Waals surface area (Å²) in [5, 5.41) is 11.8. The minimum Gasteiger partial charge on any atom is -0.490 e. The predicted octanol–water partition coefficient (Wildman–Crippen LogP) is 2.14. The number of hydrogen-bond acceptors (Lipinski definition) is 5. The normalized spacial score (nSPS) is 24.5. The number of carbonyl (C=O) groups excluding carboxylic acids is 2. The Hall–Kier alpha value is -2.61. The molecule has 2 aliphatic rings. The molecule has 1 saturated heterocycles. The Labute approximate surface area is 163 Å². The van der Waals surface area contributed by atoms with E-state index in [1.54, 1.807) is 44.0 Å². The first-order valence-electron chi connectivity index (χ1n) is 9.48. The SMILES string of the molecule is CC(C)C(=O)Nc1ccc2c(c1)C(=O)N(C)[C@@H]1CC[C@H](CC(=O)O)O[C@H]1CO2. The van der Waals surface area contributed by atoms with Crippen molar-refractivity contribution in [3.63, 3.8) is 0 Å². The van der Waals surface area contributed by atoms with E-state index >= 15 is 0 Å². The van der Waals surface area contributed by atoms with E-state index in [9.17, 15) is 14.4 Å². The molecule has 3 atom stereocenters. The number of amides is 2. The average Bonchev–Trinajstić information content (AvgIpc) is 2.64. The summed E-state index contributed by atoms with van der Waals surface area (Å²) in [4.78, 5) is 37.6. The quantitative estimate of drug-likeness (QED) is 0.816. The highest BCUT2D eigenvalue weighted by molar-refractivity contribution is 6.00. The molecule has 3 rings (SSSR count). The van der Waals surface area contributed by atoms with Crippen LogP contribution in [-0.4, -0.2) is 59.7 Å². The fraction of sp³-hybridized carbons (Fsp3) is 0.550. The number of anilines is 1. The smallest absolute Gasteiger partial charge is 0.305 e. The first-order chi connectivity index (χ1) is 13.3. The average molecular weight is 390 g/mol. The fourth-order valence-corrected chi connectivity index (χ4v) is 3.59. The molecule has 0 spiro atoms. The zero-order valence-corrected chi connectivity index (χ0v) is 16.3. The number of hydrogen-bond donors (Lipinski definition) is 2. The number of carbonyl (C=O) groups is 3. The van der Waals surface area contributed by atoms with Crippen molar-refractivity contribution in [3.8, 4) is 5.75 Å². The van der Waals surface area contributed by atoms with Crippen LogP contribution in [0.3, 0.4) is 0 Å². The molecule has 1 aromatic carbocycles. The van der Waals surface area contributed by atoms with E-state index < -0.39 is 5.97 Å². The lowest BCUT2D eigenvalue weighted by Crippen LogP contribution is -2.53. The van der Waals surface area contributed by atoms with Gasteiger partial charge in [-0.2, -0.15) is 0 Å². The fourth-order valence-electron chi connectivity index (χ4n) is 3.59. The van der Waals surface area contributed by atoms with Gasteiger partial charge in [0.25, 0.3) is 5.91 Å². The van der Waals surface area contributed by atoms with Crippen LogP contribution in [0.2, 0.25) is 0 Å². The lowest BCUT2D eigenvalue weighted by Gasteiger charge is -2.42. The van der Waals surface area contributed by atoms with Crippen LogP contribution < -0.4 is 10.1 Å². The highest BCUT2D eigenvalue weighted by Crippen LogP contribution is 2.32. The Morgan fingerprint density at radius 2 is 2.07 bits per heavy atom. The zero-order chi connectivity index (χ0) is 20.4. The van der Waals surface area contributed by atoms with Gasteiger partial charge in [0.2, 0.25) is 5.91 Å². The molecule has 0 saturated carbocycles. The highest BCUT2D eigenvalue weighted by Gasteiger charge is 2.39. The Kier molecular flexibility index (Phi) is 5.88. The number of fused-ring (bicyclic) bond motifs is 2. The maximum absolute atomic E-state index is 13.1. The third-order valence-corrected chi connectivity index (χ3v) is 5.21. The largest absolute Gasteiger partial charge is 0.490 e. The number of rotatable bonds is 4. The molecule has 2 N–H and O–H groups in total. The summed E-state index contributed by atoms with van der Waals surface area (Å²) in [5.41, 5.74) is 0.927. The van der Waals surface area contributed by atoms with Gasteiger partial charge in [0.15, 0.2) is 0 Å². The van der Waals surface area contributed by atoms with Crippen LogP contribution in [-0.2, 0) is 14.3 Å². The lowest BCUT2D eigenvalue weighted by atomic mass is 9.94. The standard InChI is InChI=1S/C20H26N2O6/c1-11(2)19(25)21-12-4-7-16-14(8-12)20(26)22(3)15-6-5-13(9-18(23)24)28-17(15)10-27-16/h4,7-8,11,13,15,17H,5-6,9-10H2,1-3H3,(H,21,25)(H,23,24)/t13-,15-,17+/m1/s1. The predicted molar refractivity (Wildman–Crippen MR) is 101 cm³/mol. The van der Waals surface area contributed by atoms with Gasteiger partial charge in [-0.1, -0.05) is 13.8 Å². The van der Waals surface area contributed by atoms with Crippen molar-refractivity contribution >= 4 is 23.5 Å². The van der Waals surface area contributed by atoms with E-state index in [0.29, 0.717) is 29.8 Å². The van der Waals surface area contributed by atoms with Crippen molar-refractivity contribution in [2.75, 3.05) is 19.0 Å². The van der Waals surface area contributed by atoms with E-state index in [1.807, 2.05) is 0 Å². The second kappa shape index (κ2) is 8.18. The molecule has 1 aromatic rings. The van der Waals surface area contributed by atoms with E-state index in [1.165, 1.54) is 0 Å². The van der Waals surface area contributed by atoms with Crippen LogP contribution in [0.25, 0.3) is 0 Å². The van der Waals surface area contributed by atoms with Crippen LogP contribution >= 0.6 is 0 Å². The van der Waals surface area contributed by atoms with Crippen LogP contribution in [0.15, 0.2) is 18.2 Å². The highest BCUT2D eigenvalue weighted by atomic mass is 16.5. The molecular weight excluding hydrogens is 364 g/mol. The number of benzene rings is 1. The number of aliphatic carboxylic acids is 1. The molecule has 0 aliphatic carbocycles. The van der Waals surface area contributed by atoms with Crippen molar-refractivity contribution in [2.45, 2.75) is 51.4 Å². The molecule has 0 unspecified atom stereocenters. The number of carboxylic acid groups (broad SMARTS) is 1. The molecule has 8 nitrogen and oxygen atoms in total. The molecule has 2 amide bonds. The van der Waals surface area contributed by atoms with Crippen molar-refractivity contribution in [1.82, 2.24) is 4.90 Å².